The van der Waals surface area contributed by atoms with Crippen molar-refractivity contribution in [1.82, 2.24) is 4.98 Å². The number of benzene rings is 1. The molecule has 2 rings (SSSR count). The Morgan fingerprint density at radius 2 is 2.07 bits per heavy atom. The molecule has 0 saturated heterocycles. The molecule has 1 aromatic heterocycles. The Kier molecular flexibility index (Phi) is 2.44. The van der Waals surface area contributed by atoms with Gasteiger partial charge < -0.3 is 0 Å². The summed E-state index contributed by atoms with van der Waals surface area (Å²) in [6, 6.07) is 5.53. The highest BCUT2D eigenvalue weighted by molar-refractivity contribution is 6.45. The average Bonchev–Trinajstić information content (AvgIpc) is 2.23. The SMILES string of the molecule is C=Cc1cc2c(Cl)c(Cl)ccc2cn1. The topological polar surface area (TPSA) is 12.9 Å². The number of fused-ring (bicyclic) bond motifs is 1. The molecule has 0 saturated carbocycles. The van der Waals surface area contributed by atoms with Crippen molar-refractivity contribution in [3.63, 3.8) is 0 Å². The summed E-state index contributed by atoms with van der Waals surface area (Å²) in [5.74, 6) is 0. The highest BCUT2D eigenvalue weighted by Crippen LogP contribution is 2.30. The Morgan fingerprint density at radius 1 is 1.29 bits per heavy atom. The van der Waals surface area contributed by atoms with Crippen LogP contribution >= 0.6 is 23.2 Å². The molecule has 0 spiro atoms. The third-order valence-electron chi connectivity index (χ3n) is 2.02. The van der Waals surface area contributed by atoms with E-state index in [1.807, 2.05) is 12.1 Å². The molecule has 0 aliphatic heterocycles. The van der Waals surface area contributed by atoms with Crippen LogP contribution in [0.3, 0.4) is 0 Å². The first kappa shape index (κ1) is 9.50. The van der Waals surface area contributed by atoms with Crippen molar-refractivity contribution in [3.8, 4) is 0 Å². The molecule has 0 aliphatic carbocycles. The van der Waals surface area contributed by atoms with E-state index in [1.165, 1.54) is 0 Å². The minimum absolute atomic E-state index is 0.556. The Hall–Kier alpha value is -1.05. The van der Waals surface area contributed by atoms with Gasteiger partial charge in [-0.3, -0.25) is 4.98 Å². The van der Waals surface area contributed by atoms with E-state index in [1.54, 1.807) is 18.3 Å². The molecule has 3 heteroatoms. The summed E-state index contributed by atoms with van der Waals surface area (Å²) in [6.45, 7) is 3.65. The van der Waals surface area contributed by atoms with Crippen LogP contribution in [-0.4, -0.2) is 4.98 Å². The fourth-order valence-corrected chi connectivity index (χ4v) is 1.67. The Balaban J connectivity index is 2.84. The minimum Gasteiger partial charge on any atom is -0.256 e. The molecule has 0 atom stereocenters. The zero-order chi connectivity index (χ0) is 10.1. The summed E-state index contributed by atoms with van der Waals surface area (Å²) >= 11 is 12.0. The van der Waals surface area contributed by atoms with Gasteiger partial charge in [-0.05, 0) is 18.2 Å². The molecule has 1 heterocycles. The maximum Gasteiger partial charge on any atom is 0.0671 e. The summed E-state index contributed by atoms with van der Waals surface area (Å²) < 4.78 is 0. The van der Waals surface area contributed by atoms with E-state index in [0.717, 1.165) is 16.5 Å². The summed E-state index contributed by atoms with van der Waals surface area (Å²) in [4.78, 5) is 4.18. The average molecular weight is 224 g/mol. The van der Waals surface area contributed by atoms with Crippen LogP contribution < -0.4 is 0 Å². The van der Waals surface area contributed by atoms with Crippen LogP contribution in [-0.2, 0) is 0 Å². The van der Waals surface area contributed by atoms with Gasteiger partial charge >= 0.3 is 0 Å². The predicted molar refractivity (Wildman–Crippen MR) is 61.9 cm³/mol. The van der Waals surface area contributed by atoms with E-state index in [0.29, 0.717) is 10.0 Å². The van der Waals surface area contributed by atoms with Crippen molar-refractivity contribution < 1.29 is 0 Å². The van der Waals surface area contributed by atoms with E-state index < -0.39 is 0 Å². The second-order valence-corrected chi connectivity index (χ2v) is 3.68. The van der Waals surface area contributed by atoms with Crippen LogP contribution in [0, 0.1) is 0 Å². The highest BCUT2D eigenvalue weighted by Gasteiger charge is 2.04. The van der Waals surface area contributed by atoms with Crippen LogP contribution in [0.2, 0.25) is 10.0 Å². The first-order chi connectivity index (χ1) is 6.72. The molecule has 2 aromatic rings. The van der Waals surface area contributed by atoms with E-state index in [-0.39, 0.29) is 0 Å². The monoisotopic (exact) mass is 223 g/mol. The van der Waals surface area contributed by atoms with Crippen LogP contribution in [0.25, 0.3) is 16.8 Å². The first-order valence-corrected chi connectivity index (χ1v) is 4.84. The fourth-order valence-electron chi connectivity index (χ4n) is 1.28. The van der Waals surface area contributed by atoms with Crippen molar-refractivity contribution in [2.24, 2.45) is 0 Å². The van der Waals surface area contributed by atoms with Gasteiger partial charge in [-0.25, -0.2) is 0 Å². The third-order valence-corrected chi connectivity index (χ3v) is 2.84. The number of hydrogen-bond acceptors (Lipinski definition) is 1. The van der Waals surface area contributed by atoms with E-state index in [9.17, 15) is 0 Å². The Bertz CT molecular complexity index is 506. The lowest BCUT2D eigenvalue weighted by Crippen LogP contribution is -1.82. The molecule has 1 nitrogen and oxygen atoms in total. The van der Waals surface area contributed by atoms with E-state index >= 15 is 0 Å². The van der Waals surface area contributed by atoms with Gasteiger partial charge in [0.2, 0.25) is 0 Å². The van der Waals surface area contributed by atoms with Crippen molar-refractivity contribution >= 4 is 40.1 Å². The molecule has 0 fully saturated rings. The first-order valence-electron chi connectivity index (χ1n) is 4.08. The summed E-state index contributed by atoms with van der Waals surface area (Å²) in [5, 5.41) is 3.00. The van der Waals surface area contributed by atoms with Gasteiger partial charge in [0.25, 0.3) is 0 Å². The maximum atomic E-state index is 6.06. The minimum atomic E-state index is 0.556. The quantitative estimate of drug-likeness (QED) is 0.707. The van der Waals surface area contributed by atoms with Crippen molar-refractivity contribution in [2.75, 3.05) is 0 Å². The van der Waals surface area contributed by atoms with Crippen molar-refractivity contribution in [3.05, 3.63) is 46.7 Å². The lowest BCUT2D eigenvalue weighted by molar-refractivity contribution is 1.33. The second-order valence-electron chi connectivity index (χ2n) is 2.90. The van der Waals surface area contributed by atoms with E-state index in [4.69, 9.17) is 23.2 Å². The summed E-state index contributed by atoms with van der Waals surface area (Å²) in [7, 11) is 0. The molecular formula is C11H7Cl2N. The lowest BCUT2D eigenvalue weighted by atomic mass is 10.1. The van der Waals surface area contributed by atoms with Gasteiger partial charge in [0.1, 0.15) is 0 Å². The molecule has 0 amide bonds. The highest BCUT2D eigenvalue weighted by atomic mass is 35.5. The van der Waals surface area contributed by atoms with Crippen molar-refractivity contribution in [1.29, 1.82) is 0 Å². The van der Waals surface area contributed by atoms with Gasteiger partial charge in [0.05, 0.1) is 15.7 Å². The number of nitrogens with zero attached hydrogens (tertiary/aromatic N) is 1. The standard InChI is InChI=1S/C11H7Cl2N/c1-2-8-5-9-7(6-14-8)3-4-10(12)11(9)13/h2-6H,1H2. The molecule has 1 aromatic carbocycles. The van der Waals surface area contributed by atoms with Crippen LogP contribution in [0.15, 0.2) is 31.0 Å². The molecule has 0 unspecified atom stereocenters. The predicted octanol–water partition coefficient (Wildman–Crippen LogP) is 4.18. The largest absolute Gasteiger partial charge is 0.256 e. The number of aromatic nitrogens is 1. The molecule has 0 N–H and O–H groups in total. The van der Waals surface area contributed by atoms with Gasteiger partial charge in [-0.2, -0.15) is 0 Å². The second kappa shape index (κ2) is 3.60. The zero-order valence-corrected chi connectivity index (χ0v) is 8.81. The molecule has 70 valence electrons. The van der Waals surface area contributed by atoms with Crippen LogP contribution in [0.4, 0.5) is 0 Å². The zero-order valence-electron chi connectivity index (χ0n) is 7.30. The number of rotatable bonds is 1. The molecule has 14 heavy (non-hydrogen) atoms. The smallest absolute Gasteiger partial charge is 0.0671 e. The van der Waals surface area contributed by atoms with Gasteiger partial charge in [0, 0.05) is 17.0 Å². The van der Waals surface area contributed by atoms with E-state index in [2.05, 4.69) is 11.6 Å². The van der Waals surface area contributed by atoms with Crippen LogP contribution in [0.1, 0.15) is 5.69 Å². The summed E-state index contributed by atoms with van der Waals surface area (Å²) in [5.41, 5.74) is 0.793. The third kappa shape index (κ3) is 1.49. The lowest BCUT2D eigenvalue weighted by Gasteiger charge is -2.02. The normalized spacial score (nSPS) is 10.4. The fraction of sp³-hybridized carbons (Fsp3) is 0. The van der Waals surface area contributed by atoms with Crippen molar-refractivity contribution in [2.45, 2.75) is 0 Å². The Labute approximate surface area is 92.0 Å². The Morgan fingerprint density at radius 3 is 2.79 bits per heavy atom. The maximum absolute atomic E-state index is 6.06. The van der Waals surface area contributed by atoms with Crippen LogP contribution in [0.5, 0.6) is 0 Å². The molecule has 0 radical (unpaired) electrons. The molecular weight excluding hydrogens is 217 g/mol. The number of pyridine rings is 1. The summed E-state index contributed by atoms with van der Waals surface area (Å²) in [6.07, 6.45) is 3.44. The van der Waals surface area contributed by atoms with Gasteiger partial charge in [-0.1, -0.05) is 35.8 Å². The van der Waals surface area contributed by atoms with Gasteiger partial charge in [-0.15, -0.1) is 0 Å². The number of hydrogen-bond donors (Lipinski definition) is 0. The molecule has 0 bridgehead atoms. The molecule has 0 aliphatic rings. The van der Waals surface area contributed by atoms with Gasteiger partial charge in [0.15, 0.2) is 0 Å². The number of halogens is 2.